The zero-order valence-corrected chi connectivity index (χ0v) is 8.35. The molecule has 0 aliphatic rings. The van der Waals surface area contributed by atoms with Gasteiger partial charge in [-0.1, -0.05) is 0 Å². The molecule has 1 rings (SSSR count). The fraction of sp³-hybridized carbons (Fsp3) is 0.400. The van der Waals surface area contributed by atoms with Crippen LogP contribution in [0.5, 0.6) is 0 Å². The Kier molecular flexibility index (Phi) is 4.38. The minimum atomic E-state index is -0.170. The van der Waals surface area contributed by atoms with Gasteiger partial charge in [0, 0.05) is 25.0 Å². The third-order valence-electron chi connectivity index (χ3n) is 1.86. The highest BCUT2D eigenvalue weighted by Gasteiger charge is 1.95. The van der Waals surface area contributed by atoms with Crippen molar-refractivity contribution in [2.75, 3.05) is 18.9 Å². The van der Waals surface area contributed by atoms with Crippen LogP contribution in [0.1, 0.15) is 6.42 Å². The van der Waals surface area contributed by atoms with Gasteiger partial charge in [-0.05, 0) is 0 Å². The maximum atomic E-state index is 11.0. The van der Waals surface area contributed by atoms with Crippen molar-refractivity contribution in [2.45, 2.75) is 13.0 Å². The number of pyridine rings is 1. The number of hydrogen-bond acceptors (Lipinski definition) is 4. The van der Waals surface area contributed by atoms with Gasteiger partial charge >= 0.3 is 0 Å². The summed E-state index contributed by atoms with van der Waals surface area (Å²) in [5.41, 5.74) is 5.52. The highest BCUT2D eigenvalue weighted by molar-refractivity contribution is 5.33. The molecule has 15 heavy (non-hydrogen) atoms. The molecule has 1 heterocycles. The second-order valence-corrected chi connectivity index (χ2v) is 3.02. The first kappa shape index (κ1) is 11.3. The van der Waals surface area contributed by atoms with E-state index in [-0.39, 0.29) is 11.1 Å². The molecule has 1 aromatic heterocycles. The number of hydrogen-bond donors (Lipinski definition) is 1. The van der Waals surface area contributed by atoms with Gasteiger partial charge in [0.05, 0.1) is 31.4 Å². The van der Waals surface area contributed by atoms with Gasteiger partial charge in [0.1, 0.15) is 0 Å². The number of nitrogen functional groups attached to an aromatic ring is 1. The summed E-state index contributed by atoms with van der Waals surface area (Å²) >= 11 is 0. The number of aromatic nitrogens is 1. The lowest BCUT2D eigenvalue weighted by atomic mass is 10.4. The first-order chi connectivity index (χ1) is 7.24. The largest absolute Gasteiger partial charge is 0.394 e. The fourth-order valence-electron chi connectivity index (χ4n) is 1.07. The van der Waals surface area contributed by atoms with E-state index in [1.54, 1.807) is 17.0 Å². The molecular formula is C10H13N3O2. The van der Waals surface area contributed by atoms with Crippen molar-refractivity contribution in [1.82, 2.24) is 4.57 Å². The van der Waals surface area contributed by atoms with Crippen molar-refractivity contribution in [3.8, 4) is 6.07 Å². The van der Waals surface area contributed by atoms with Gasteiger partial charge in [0.15, 0.2) is 0 Å². The molecule has 80 valence electrons. The van der Waals surface area contributed by atoms with Crippen molar-refractivity contribution in [3.63, 3.8) is 0 Å². The average Bonchev–Trinajstić information content (AvgIpc) is 2.23. The Morgan fingerprint density at radius 2 is 2.33 bits per heavy atom. The SMILES string of the molecule is N#CCCOCCn1ccc(=O)c(N)c1. The summed E-state index contributed by atoms with van der Waals surface area (Å²) < 4.78 is 6.97. The monoisotopic (exact) mass is 207 g/mol. The second-order valence-electron chi connectivity index (χ2n) is 3.02. The van der Waals surface area contributed by atoms with Gasteiger partial charge in [-0.3, -0.25) is 4.79 Å². The predicted octanol–water partition coefficient (Wildman–Crippen LogP) is 0.361. The van der Waals surface area contributed by atoms with Crippen molar-refractivity contribution in [1.29, 1.82) is 5.26 Å². The highest BCUT2D eigenvalue weighted by atomic mass is 16.5. The van der Waals surface area contributed by atoms with Crippen LogP contribution in [0.3, 0.4) is 0 Å². The summed E-state index contributed by atoms with van der Waals surface area (Å²) in [6.45, 7) is 1.56. The van der Waals surface area contributed by atoms with E-state index in [2.05, 4.69) is 0 Å². The smallest absolute Gasteiger partial charge is 0.204 e. The van der Waals surface area contributed by atoms with E-state index in [4.69, 9.17) is 15.7 Å². The number of rotatable bonds is 5. The molecule has 0 atom stereocenters. The molecule has 5 heteroatoms. The Labute approximate surface area is 87.7 Å². The second kappa shape index (κ2) is 5.83. The topological polar surface area (TPSA) is 81.0 Å². The maximum Gasteiger partial charge on any atom is 0.204 e. The van der Waals surface area contributed by atoms with Crippen molar-refractivity contribution < 1.29 is 4.74 Å². The van der Waals surface area contributed by atoms with Crippen LogP contribution < -0.4 is 11.2 Å². The molecular weight excluding hydrogens is 194 g/mol. The average molecular weight is 207 g/mol. The van der Waals surface area contributed by atoms with Crippen molar-refractivity contribution in [3.05, 3.63) is 28.7 Å². The van der Waals surface area contributed by atoms with Crippen LogP contribution in [0.4, 0.5) is 5.69 Å². The number of ether oxygens (including phenoxy) is 1. The van der Waals surface area contributed by atoms with Crippen molar-refractivity contribution >= 4 is 5.69 Å². The molecule has 5 nitrogen and oxygen atoms in total. The lowest BCUT2D eigenvalue weighted by Gasteiger charge is -2.06. The maximum absolute atomic E-state index is 11.0. The molecule has 0 amide bonds. The first-order valence-corrected chi connectivity index (χ1v) is 4.64. The first-order valence-electron chi connectivity index (χ1n) is 4.64. The molecule has 0 aliphatic heterocycles. The molecule has 0 saturated carbocycles. The molecule has 0 unspecified atom stereocenters. The predicted molar refractivity (Wildman–Crippen MR) is 56.2 cm³/mol. The molecule has 2 N–H and O–H groups in total. The van der Waals surface area contributed by atoms with E-state index in [9.17, 15) is 4.79 Å². The van der Waals surface area contributed by atoms with Crippen LogP contribution in [0.15, 0.2) is 23.3 Å². The van der Waals surface area contributed by atoms with Gasteiger partial charge in [0.25, 0.3) is 0 Å². The molecule has 0 saturated heterocycles. The van der Waals surface area contributed by atoms with Crippen LogP contribution in [-0.2, 0) is 11.3 Å². The third kappa shape index (κ3) is 3.83. The lowest BCUT2D eigenvalue weighted by Crippen LogP contribution is -2.13. The molecule has 0 fully saturated rings. The summed E-state index contributed by atoms with van der Waals surface area (Å²) in [6.07, 6.45) is 3.63. The van der Waals surface area contributed by atoms with Gasteiger partial charge in [-0.2, -0.15) is 5.26 Å². The Morgan fingerprint density at radius 3 is 3.00 bits per heavy atom. The molecule has 1 aromatic rings. The number of nitrogens with two attached hydrogens (primary N) is 1. The van der Waals surface area contributed by atoms with E-state index in [1.807, 2.05) is 6.07 Å². The zero-order chi connectivity index (χ0) is 11.1. The van der Waals surface area contributed by atoms with Gasteiger partial charge in [-0.15, -0.1) is 0 Å². The minimum Gasteiger partial charge on any atom is -0.394 e. The summed E-state index contributed by atoms with van der Waals surface area (Å²) in [5.74, 6) is 0. The summed E-state index contributed by atoms with van der Waals surface area (Å²) in [4.78, 5) is 11.0. The summed E-state index contributed by atoms with van der Waals surface area (Å²) in [7, 11) is 0. The van der Waals surface area contributed by atoms with Crippen LogP contribution in [0.2, 0.25) is 0 Å². The van der Waals surface area contributed by atoms with Gasteiger partial charge in [0.2, 0.25) is 5.43 Å². The van der Waals surface area contributed by atoms with Crippen LogP contribution in [0, 0.1) is 11.3 Å². The van der Waals surface area contributed by atoms with Gasteiger partial charge < -0.3 is 15.0 Å². The Hall–Kier alpha value is -1.80. The molecule has 0 aliphatic carbocycles. The number of nitrogens with zero attached hydrogens (tertiary/aromatic N) is 2. The Morgan fingerprint density at radius 1 is 1.53 bits per heavy atom. The fourth-order valence-corrected chi connectivity index (χ4v) is 1.07. The molecule has 0 bridgehead atoms. The summed E-state index contributed by atoms with van der Waals surface area (Å²) in [6, 6.07) is 3.41. The molecule has 0 radical (unpaired) electrons. The van der Waals surface area contributed by atoms with Crippen LogP contribution in [-0.4, -0.2) is 17.8 Å². The minimum absolute atomic E-state index is 0.170. The van der Waals surface area contributed by atoms with E-state index < -0.39 is 0 Å². The van der Waals surface area contributed by atoms with E-state index in [0.717, 1.165) is 0 Å². The Bertz CT molecular complexity index is 406. The Balaban J connectivity index is 2.35. The van der Waals surface area contributed by atoms with E-state index >= 15 is 0 Å². The molecule has 0 aromatic carbocycles. The number of anilines is 1. The van der Waals surface area contributed by atoms with Crippen LogP contribution in [0.25, 0.3) is 0 Å². The van der Waals surface area contributed by atoms with Crippen molar-refractivity contribution in [2.24, 2.45) is 0 Å². The van der Waals surface area contributed by atoms with E-state index in [0.29, 0.717) is 26.2 Å². The summed E-state index contributed by atoms with van der Waals surface area (Å²) in [5, 5.41) is 8.26. The molecule has 0 spiro atoms. The zero-order valence-electron chi connectivity index (χ0n) is 8.35. The quantitative estimate of drug-likeness (QED) is 0.707. The van der Waals surface area contributed by atoms with Gasteiger partial charge in [-0.25, -0.2) is 0 Å². The van der Waals surface area contributed by atoms with E-state index in [1.165, 1.54) is 6.07 Å². The number of nitriles is 1. The standard InChI is InChI=1S/C10H13N3O2/c11-3-1-6-15-7-5-13-4-2-10(14)9(12)8-13/h2,4,8H,1,5-7,12H2. The highest BCUT2D eigenvalue weighted by Crippen LogP contribution is 1.93. The normalized spacial score (nSPS) is 9.80. The lowest BCUT2D eigenvalue weighted by molar-refractivity contribution is 0.131. The third-order valence-corrected chi connectivity index (χ3v) is 1.86. The van der Waals surface area contributed by atoms with Crippen LogP contribution >= 0.6 is 0 Å².